The van der Waals surface area contributed by atoms with Gasteiger partial charge in [0.2, 0.25) is 10.0 Å². The van der Waals surface area contributed by atoms with Crippen LogP contribution in [0.15, 0.2) is 29.3 Å². The first kappa shape index (κ1) is 15.8. The smallest absolute Gasteiger partial charge is 0.352 e. The van der Waals surface area contributed by atoms with Gasteiger partial charge in [-0.05, 0) is 39.2 Å². The van der Waals surface area contributed by atoms with E-state index in [-0.39, 0.29) is 22.7 Å². The lowest BCUT2D eigenvalue weighted by molar-refractivity contribution is 0.0683. The number of allylic oxidation sites excluding steroid dienone is 1. The summed E-state index contributed by atoms with van der Waals surface area (Å²) >= 11 is 0. The van der Waals surface area contributed by atoms with E-state index in [0.717, 1.165) is 12.8 Å². The van der Waals surface area contributed by atoms with Gasteiger partial charge in [0.15, 0.2) is 0 Å². The molecule has 1 heterocycles. The van der Waals surface area contributed by atoms with Crippen molar-refractivity contribution in [3.63, 3.8) is 0 Å². The number of carboxylic acid groups (broad SMARTS) is 1. The second-order valence-corrected chi connectivity index (χ2v) is 7.18. The van der Waals surface area contributed by atoms with Crippen molar-refractivity contribution in [2.75, 3.05) is 0 Å². The van der Waals surface area contributed by atoms with Gasteiger partial charge in [0, 0.05) is 18.3 Å². The normalized spacial score (nSPS) is 19.1. The summed E-state index contributed by atoms with van der Waals surface area (Å²) in [5, 5.41) is 9.17. The Morgan fingerprint density at radius 3 is 2.62 bits per heavy atom. The third-order valence-electron chi connectivity index (χ3n) is 3.50. The average molecular weight is 312 g/mol. The van der Waals surface area contributed by atoms with Crippen LogP contribution >= 0.6 is 0 Å². The van der Waals surface area contributed by atoms with Crippen LogP contribution < -0.4 is 4.72 Å². The van der Waals surface area contributed by atoms with E-state index < -0.39 is 16.0 Å². The number of aromatic nitrogens is 1. The molecule has 0 spiro atoms. The standard InChI is InChI=1S/C14H20N2O4S/c1-10(2)16-9-12(8-13(16)14(17)18)21(19,20)15-11-6-4-3-5-7-11/h3-4,8-11,15H,5-7H2,1-2H3,(H,17,18). The van der Waals surface area contributed by atoms with Crippen molar-refractivity contribution in [1.29, 1.82) is 0 Å². The molecule has 7 heteroatoms. The van der Waals surface area contributed by atoms with Crippen molar-refractivity contribution in [3.8, 4) is 0 Å². The first-order valence-electron chi connectivity index (χ1n) is 6.94. The molecule has 1 unspecified atom stereocenters. The lowest BCUT2D eigenvalue weighted by Gasteiger charge is -2.18. The molecule has 6 nitrogen and oxygen atoms in total. The Kier molecular flexibility index (Phi) is 4.53. The maximum absolute atomic E-state index is 12.4. The molecule has 1 aliphatic rings. The quantitative estimate of drug-likeness (QED) is 0.815. The molecule has 2 N–H and O–H groups in total. The van der Waals surface area contributed by atoms with Gasteiger partial charge in [0.05, 0.1) is 0 Å². The van der Waals surface area contributed by atoms with Crippen molar-refractivity contribution in [2.24, 2.45) is 0 Å². The molecule has 2 rings (SSSR count). The zero-order valence-corrected chi connectivity index (χ0v) is 12.9. The molecule has 1 aliphatic carbocycles. The highest BCUT2D eigenvalue weighted by Crippen LogP contribution is 2.21. The molecule has 0 saturated heterocycles. The number of carboxylic acids is 1. The molecule has 1 aromatic heterocycles. The van der Waals surface area contributed by atoms with E-state index >= 15 is 0 Å². The minimum atomic E-state index is -3.70. The summed E-state index contributed by atoms with van der Waals surface area (Å²) in [5.74, 6) is -1.13. The molecule has 0 radical (unpaired) electrons. The fourth-order valence-electron chi connectivity index (χ4n) is 2.39. The molecule has 0 bridgehead atoms. The second kappa shape index (κ2) is 6.03. The SMILES string of the molecule is CC(C)n1cc(S(=O)(=O)NC2CC=CCC2)cc1C(=O)O. The van der Waals surface area contributed by atoms with Crippen molar-refractivity contribution in [1.82, 2.24) is 9.29 Å². The van der Waals surface area contributed by atoms with Gasteiger partial charge in [-0.25, -0.2) is 17.9 Å². The molecule has 0 fully saturated rings. The maximum atomic E-state index is 12.4. The van der Waals surface area contributed by atoms with Crippen LogP contribution in [-0.4, -0.2) is 30.1 Å². The fourth-order valence-corrected chi connectivity index (χ4v) is 3.70. The Balaban J connectivity index is 2.29. The van der Waals surface area contributed by atoms with E-state index in [9.17, 15) is 13.2 Å². The summed E-state index contributed by atoms with van der Waals surface area (Å²) in [6, 6.07) is 0.955. The van der Waals surface area contributed by atoms with Crippen molar-refractivity contribution < 1.29 is 18.3 Å². The van der Waals surface area contributed by atoms with Crippen LogP contribution in [0, 0.1) is 0 Å². The lowest BCUT2D eigenvalue weighted by Crippen LogP contribution is -2.35. The summed E-state index contributed by atoms with van der Waals surface area (Å²) in [6.45, 7) is 3.62. The predicted octanol–water partition coefficient (Wildman–Crippen LogP) is 2.15. The van der Waals surface area contributed by atoms with E-state index in [1.807, 2.05) is 26.0 Å². The number of nitrogens with zero attached hydrogens (tertiary/aromatic N) is 1. The summed E-state index contributed by atoms with van der Waals surface area (Å²) in [5.41, 5.74) is -0.0195. The van der Waals surface area contributed by atoms with Crippen molar-refractivity contribution in [2.45, 2.75) is 50.1 Å². The number of rotatable bonds is 5. The molecule has 0 aromatic carbocycles. The third-order valence-corrected chi connectivity index (χ3v) is 4.99. The van der Waals surface area contributed by atoms with Crippen LogP contribution in [0.5, 0.6) is 0 Å². The van der Waals surface area contributed by atoms with E-state index in [1.165, 1.54) is 16.8 Å². The maximum Gasteiger partial charge on any atom is 0.352 e. The van der Waals surface area contributed by atoms with Gasteiger partial charge in [0.25, 0.3) is 0 Å². The number of nitrogens with one attached hydrogen (secondary N) is 1. The molecule has 1 aromatic rings. The Morgan fingerprint density at radius 2 is 2.14 bits per heavy atom. The highest BCUT2D eigenvalue weighted by molar-refractivity contribution is 7.89. The largest absolute Gasteiger partial charge is 0.477 e. The molecule has 116 valence electrons. The molecule has 21 heavy (non-hydrogen) atoms. The number of aromatic carboxylic acids is 1. The molecule has 0 amide bonds. The van der Waals surface area contributed by atoms with E-state index in [0.29, 0.717) is 6.42 Å². The van der Waals surface area contributed by atoms with E-state index in [2.05, 4.69) is 4.72 Å². The number of hydrogen-bond acceptors (Lipinski definition) is 3. The van der Waals surface area contributed by atoms with E-state index in [1.54, 1.807) is 0 Å². The summed E-state index contributed by atoms with van der Waals surface area (Å²) in [6.07, 6.45) is 7.64. The van der Waals surface area contributed by atoms with Gasteiger partial charge in [-0.3, -0.25) is 0 Å². The minimum absolute atomic E-state index is 0.00292. The zero-order valence-electron chi connectivity index (χ0n) is 12.1. The zero-order chi connectivity index (χ0) is 15.6. The average Bonchev–Trinajstić information content (AvgIpc) is 2.85. The van der Waals surface area contributed by atoms with Gasteiger partial charge >= 0.3 is 5.97 Å². The van der Waals surface area contributed by atoms with Gasteiger partial charge in [-0.15, -0.1) is 0 Å². The fraction of sp³-hybridized carbons (Fsp3) is 0.500. The van der Waals surface area contributed by atoms with Crippen LogP contribution in [0.4, 0.5) is 0 Å². The number of hydrogen-bond donors (Lipinski definition) is 2. The van der Waals surface area contributed by atoms with Gasteiger partial charge in [0.1, 0.15) is 10.6 Å². The summed E-state index contributed by atoms with van der Waals surface area (Å²) in [4.78, 5) is 11.2. The molecule has 1 atom stereocenters. The highest BCUT2D eigenvalue weighted by atomic mass is 32.2. The minimum Gasteiger partial charge on any atom is -0.477 e. The Morgan fingerprint density at radius 1 is 1.43 bits per heavy atom. The van der Waals surface area contributed by atoms with Gasteiger partial charge in [-0.1, -0.05) is 12.2 Å². The second-order valence-electron chi connectivity index (χ2n) is 5.47. The first-order chi connectivity index (χ1) is 9.81. The summed E-state index contributed by atoms with van der Waals surface area (Å²) < 4.78 is 28.8. The monoisotopic (exact) mass is 312 g/mol. The topological polar surface area (TPSA) is 88.4 Å². The van der Waals surface area contributed by atoms with Crippen LogP contribution in [0.1, 0.15) is 49.6 Å². The Labute approximate surface area is 124 Å². The van der Waals surface area contributed by atoms with Crippen LogP contribution in [0.2, 0.25) is 0 Å². The van der Waals surface area contributed by atoms with Crippen LogP contribution in [-0.2, 0) is 10.0 Å². The molecule has 0 saturated carbocycles. The van der Waals surface area contributed by atoms with Gasteiger partial charge in [-0.2, -0.15) is 0 Å². The molecule has 0 aliphatic heterocycles. The predicted molar refractivity (Wildman–Crippen MR) is 78.9 cm³/mol. The number of carbonyl (C=O) groups is 1. The Hall–Kier alpha value is -1.60. The Bertz CT molecular complexity index is 659. The van der Waals surface area contributed by atoms with Crippen molar-refractivity contribution >= 4 is 16.0 Å². The molecular weight excluding hydrogens is 292 g/mol. The van der Waals surface area contributed by atoms with Crippen molar-refractivity contribution in [3.05, 3.63) is 30.1 Å². The van der Waals surface area contributed by atoms with Crippen LogP contribution in [0.3, 0.4) is 0 Å². The van der Waals surface area contributed by atoms with E-state index in [4.69, 9.17) is 5.11 Å². The third kappa shape index (κ3) is 3.54. The highest BCUT2D eigenvalue weighted by Gasteiger charge is 2.25. The van der Waals surface area contributed by atoms with Crippen LogP contribution in [0.25, 0.3) is 0 Å². The lowest BCUT2D eigenvalue weighted by atomic mass is 10.0. The van der Waals surface area contributed by atoms with Gasteiger partial charge < -0.3 is 9.67 Å². The first-order valence-corrected chi connectivity index (χ1v) is 8.42. The summed E-state index contributed by atoms with van der Waals surface area (Å²) in [7, 11) is -3.70. The molecular formula is C14H20N2O4S. The number of sulfonamides is 1.